The predicted molar refractivity (Wildman–Crippen MR) is 104 cm³/mol. The average molecular weight is 395 g/mol. The lowest BCUT2D eigenvalue weighted by Gasteiger charge is -2.12. The Morgan fingerprint density at radius 2 is 1.81 bits per heavy atom. The Kier molecular flexibility index (Phi) is 7.30. The molecular weight excluding hydrogens is 375 g/mol. The van der Waals surface area contributed by atoms with Gasteiger partial charge >= 0.3 is 0 Å². The van der Waals surface area contributed by atoms with Crippen molar-refractivity contribution < 1.29 is 14.3 Å². The zero-order chi connectivity index (χ0) is 19.1. The standard InChI is InChI=1S/C19H20Cl2N2O3/c1-3-12(2)22-19(25)13-4-7-15(8-5-13)23-18(24)11-26-17-9-6-14(20)10-16(17)21/h4-10,12H,3,11H2,1-2H3,(H,22,25)(H,23,24). The first-order chi connectivity index (χ1) is 12.4. The molecule has 2 amide bonds. The zero-order valence-corrected chi connectivity index (χ0v) is 16.0. The minimum Gasteiger partial charge on any atom is -0.482 e. The number of ether oxygens (including phenoxy) is 1. The predicted octanol–water partition coefficient (Wildman–Crippen LogP) is 4.54. The molecule has 7 heteroatoms. The Hall–Kier alpha value is -2.24. The number of hydrogen-bond donors (Lipinski definition) is 2. The third-order valence-electron chi connectivity index (χ3n) is 3.67. The molecule has 0 bridgehead atoms. The van der Waals surface area contributed by atoms with Crippen LogP contribution < -0.4 is 15.4 Å². The van der Waals surface area contributed by atoms with Crippen LogP contribution in [0.5, 0.6) is 5.75 Å². The third-order valence-corrected chi connectivity index (χ3v) is 4.20. The highest BCUT2D eigenvalue weighted by molar-refractivity contribution is 6.35. The van der Waals surface area contributed by atoms with Gasteiger partial charge in [-0.1, -0.05) is 30.1 Å². The van der Waals surface area contributed by atoms with Gasteiger partial charge in [-0.05, 0) is 55.8 Å². The number of hydrogen-bond acceptors (Lipinski definition) is 3. The minimum atomic E-state index is -0.340. The summed E-state index contributed by atoms with van der Waals surface area (Å²) < 4.78 is 5.38. The second-order valence-corrected chi connectivity index (χ2v) is 6.62. The minimum absolute atomic E-state index is 0.110. The summed E-state index contributed by atoms with van der Waals surface area (Å²) in [7, 11) is 0. The van der Waals surface area contributed by atoms with E-state index in [0.717, 1.165) is 6.42 Å². The van der Waals surface area contributed by atoms with Crippen molar-refractivity contribution >= 4 is 40.7 Å². The van der Waals surface area contributed by atoms with E-state index in [0.29, 0.717) is 27.0 Å². The lowest BCUT2D eigenvalue weighted by atomic mass is 10.1. The Morgan fingerprint density at radius 1 is 1.12 bits per heavy atom. The number of amides is 2. The molecule has 2 aromatic carbocycles. The Labute approximate surface area is 162 Å². The van der Waals surface area contributed by atoms with Crippen LogP contribution in [0.25, 0.3) is 0 Å². The molecule has 0 spiro atoms. The zero-order valence-electron chi connectivity index (χ0n) is 14.5. The van der Waals surface area contributed by atoms with Crippen LogP contribution in [0.4, 0.5) is 5.69 Å². The summed E-state index contributed by atoms with van der Waals surface area (Å²) in [6.07, 6.45) is 0.859. The van der Waals surface area contributed by atoms with Crippen LogP contribution in [0.1, 0.15) is 30.6 Å². The van der Waals surface area contributed by atoms with Crippen LogP contribution in [0, 0.1) is 0 Å². The highest BCUT2D eigenvalue weighted by Crippen LogP contribution is 2.27. The van der Waals surface area contributed by atoms with Crippen LogP contribution in [-0.4, -0.2) is 24.5 Å². The van der Waals surface area contributed by atoms with E-state index in [9.17, 15) is 9.59 Å². The number of nitrogens with one attached hydrogen (secondary N) is 2. The van der Waals surface area contributed by atoms with Gasteiger partial charge in [0, 0.05) is 22.3 Å². The molecule has 26 heavy (non-hydrogen) atoms. The van der Waals surface area contributed by atoms with Gasteiger partial charge in [0.2, 0.25) is 0 Å². The fourth-order valence-corrected chi connectivity index (χ4v) is 2.51. The summed E-state index contributed by atoms with van der Waals surface area (Å²) in [6.45, 7) is 3.75. The molecule has 0 saturated carbocycles. The summed E-state index contributed by atoms with van der Waals surface area (Å²) in [6, 6.07) is 11.5. The van der Waals surface area contributed by atoms with E-state index in [1.807, 2.05) is 13.8 Å². The van der Waals surface area contributed by atoms with Crippen LogP contribution >= 0.6 is 23.2 Å². The first-order valence-electron chi connectivity index (χ1n) is 8.17. The van der Waals surface area contributed by atoms with E-state index in [1.54, 1.807) is 42.5 Å². The molecule has 0 fully saturated rings. The maximum atomic E-state index is 12.0. The first-order valence-corrected chi connectivity index (χ1v) is 8.93. The number of anilines is 1. The molecule has 0 saturated heterocycles. The molecule has 1 atom stereocenters. The normalized spacial score (nSPS) is 11.5. The van der Waals surface area contributed by atoms with Gasteiger partial charge in [-0.3, -0.25) is 9.59 Å². The second-order valence-electron chi connectivity index (χ2n) is 5.77. The number of carbonyl (C=O) groups is 2. The molecule has 2 aromatic rings. The number of benzene rings is 2. The highest BCUT2D eigenvalue weighted by Gasteiger charge is 2.10. The highest BCUT2D eigenvalue weighted by atomic mass is 35.5. The number of halogens is 2. The molecule has 138 valence electrons. The number of rotatable bonds is 7. The van der Waals surface area contributed by atoms with Crippen LogP contribution in [0.2, 0.25) is 10.0 Å². The molecule has 0 heterocycles. The topological polar surface area (TPSA) is 67.4 Å². The van der Waals surface area contributed by atoms with Crippen molar-refractivity contribution in [1.82, 2.24) is 5.32 Å². The first kappa shape index (κ1) is 20.1. The quantitative estimate of drug-likeness (QED) is 0.724. The van der Waals surface area contributed by atoms with E-state index in [2.05, 4.69) is 10.6 Å². The molecule has 0 aromatic heterocycles. The summed E-state index contributed by atoms with van der Waals surface area (Å²) in [5.41, 5.74) is 1.10. The summed E-state index contributed by atoms with van der Waals surface area (Å²) in [5, 5.41) is 6.41. The second kappa shape index (κ2) is 9.46. The average Bonchev–Trinajstić information content (AvgIpc) is 2.61. The van der Waals surface area contributed by atoms with Gasteiger partial charge in [0.15, 0.2) is 6.61 Å². The van der Waals surface area contributed by atoms with Gasteiger partial charge < -0.3 is 15.4 Å². The Balaban J connectivity index is 1.88. The van der Waals surface area contributed by atoms with E-state index >= 15 is 0 Å². The van der Waals surface area contributed by atoms with Gasteiger partial charge in [-0.15, -0.1) is 0 Å². The molecule has 5 nitrogen and oxygen atoms in total. The molecule has 0 aliphatic carbocycles. The van der Waals surface area contributed by atoms with E-state index in [-0.39, 0.29) is 24.5 Å². The molecule has 1 unspecified atom stereocenters. The monoisotopic (exact) mass is 394 g/mol. The smallest absolute Gasteiger partial charge is 0.262 e. The lowest BCUT2D eigenvalue weighted by Crippen LogP contribution is -2.31. The van der Waals surface area contributed by atoms with Crippen molar-refractivity contribution in [3.05, 3.63) is 58.1 Å². The van der Waals surface area contributed by atoms with Crippen LogP contribution in [0.15, 0.2) is 42.5 Å². The van der Waals surface area contributed by atoms with Crippen molar-refractivity contribution in [2.24, 2.45) is 0 Å². The SMILES string of the molecule is CCC(C)NC(=O)c1ccc(NC(=O)COc2ccc(Cl)cc2Cl)cc1. The van der Waals surface area contributed by atoms with Crippen LogP contribution in [0.3, 0.4) is 0 Å². The molecule has 0 aliphatic heterocycles. The van der Waals surface area contributed by atoms with Crippen molar-refractivity contribution in [3.8, 4) is 5.75 Å². The summed E-state index contributed by atoms with van der Waals surface area (Å²) in [4.78, 5) is 24.0. The molecule has 0 radical (unpaired) electrons. The van der Waals surface area contributed by atoms with Gasteiger partial charge in [0.05, 0.1) is 5.02 Å². The molecule has 2 rings (SSSR count). The largest absolute Gasteiger partial charge is 0.482 e. The maximum absolute atomic E-state index is 12.0. The van der Waals surface area contributed by atoms with E-state index < -0.39 is 0 Å². The molecule has 0 aliphatic rings. The van der Waals surface area contributed by atoms with E-state index in [4.69, 9.17) is 27.9 Å². The van der Waals surface area contributed by atoms with Crippen molar-refractivity contribution in [1.29, 1.82) is 0 Å². The Bertz CT molecular complexity index is 779. The lowest BCUT2D eigenvalue weighted by molar-refractivity contribution is -0.118. The van der Waals surface area contributed by atoms with E-state index in [1.165, 1.54) is 0 Å². The summed E-state index contributed by atoms with van der Waals surface area (Å²) in [5.74, 6) is -0.103. The van der Waals surface area contributed by atoms with Crippen molar-refractivity contribution in [2.75, 3.05) is 11.9 Å². The Morgan fingerprint density at radius 3 is 2.42 bits per heavy atom. The van der Waals surface area contributed by atoms with Gasteiger partial charge in [-0.2, -0.15) is 0 Å². The van der Waals surface area contributed by atoms with Crippen molar-refractivity contribution in [2.45, 2.75) is 26.3 Å². The van der Waals surface area contributed by atoms with Gasteiger partial charge in [0.1, 0.15) is 5.75 Å². The number of carbonyl (C=O) groups excluding carboxylic acids is 2. The van der Waals surface area contributed by atoms with Gasteiger partial charge in [-0.25, -0.2) is 0 Å². The maximum Gasteiger partial charge on any atom is 0.262 e. The third kappa shape index (κ3) is 5.93. The molecule has 2 N–H and O–H groups in total. The fraction of sp³-hybridized carbons (Fsp3) is 0.263. The van der Waals surface area contributed by atoms with Crippen molar-refractivity contribution in [3.63, 3.8) is 0 Å². The molecular formula is C19H20Cl2N2O3. The van der Waals surface area contributed by atoms with Gasteiger partial charge in [0.25, 0.3) is 11.8 Å². The fourth-order valence-electron chi connectivity index (χ4n) is 2.05. The summed E-state index contributed by atoms with van der Waals surface area (Å²) >= 11 is 11.8. The van der Waals surface area contributed by atoms with Crippen LogP contribution in [-0.2, 0) is 4.79 Å².